The van der Waals surface area contributed by atoms with Gasteiger partial charge in [-0.15, -0.1) is 0 Å². The summed E-state index contributed by atoms with van der Waals surface area (Å²) in [4.78, 5) is 0. The first kappa shape index (κ1) is 29.2. The highest BCUT2D eigenvalue weighted by molar-refractivity contribution is 5.64. The van der Waals surface area contributed by atoms with Gasteiger partial charge in [0.15, 0.2) is 0 Å². The molecule has 1 N–H and O–H groups in total. The molecule has 0 amide bonds. The fourth-order valence-electron chi connectivity index (χ4n) is 5.77. The lowest BCUT2D eigenvalue weighted by Gasteiger charge is -2.36. The minimum absolute atomic E-state index is 0.145. The highest BCUT2D eigenvalue weighted by Gasteiger charge is 2.36. The molecule has 2 unspecified atom stereocenters. The maximum Gasteiger partial charge on any atom is 0.119 e. The number of aliphatic hydroxyl groups excluding tert-OH is 1. The van der Waals surface area contributed by atoms with Gasteiger partial charge in [-0.2, -0.15) is 5.26 Å². The molecule has 2 aromatic carbocycles. The third-order valence-electron chi connectivity index (χ3n) is 8.18. The van der Waals surface area contributed by atoms with Gasteiger partial charge in [0.05, 0.1) is 18.1 Å². The van der Waals surface area contributed by atoms with Crippen molar-refractivity contribution in [3.63, 3.8) is 0 Å². The molecule has 202 valence electrons. The number of unbranched alkanes of at least 4 members (excludes halogenated alkanes) is 7. The summed E-state index contributed by atoms with van der Waals surface area (Å²) in [5, 5.41) is 19.0. The van der Waals surface area contributed by atoms with E-state index in [0.717, 1.165) is 57.3 Å². The van der Waals surface area contributed by atoms with Crippen molar-refractivity contribution in [2.24, 2.45) is 11.3 Å². The van der Waals surface area contributed by atoms with Gasteiger partial charge in [0.2, 0.25) is 0 Å². The number of nitrogens with zero attached hydrogens (tertiary/aromatic N) is 1. The van der Waals surface area contributed by atoms with Gasteiger partial charge in [0, 0.05) is 6.61 Å². The average molecular weight is 504 g/mol. The van der Waals surface area contributed by atoms with Crippen molar-refractivity contribution < 1.29 is 9.84 Å². The Labute approximate surface area is 226 Å². The molecule has 0 aliphatic heterocycles. The van der Waals surface area contributed by atoms with Crippen LogP contribution in [0.4, 0.5) is 0 Å². The number of aliphatic hydroxyl groups is 1. The van der Waals surface area contributed by atoms with Gasteiger partial charge in [-0.3, -0.25) is 0 Å². The Bertz CT molecular complexity index is 928. The van der Waals surface area contributed by atoms with Gasteiger partial charge < -0.3 is 9.84 Å². The van der Waals surface area contributed by atoms with Gasteiger partial charge in [-0.1, -0.05) is 102 Å². The highest BCUT2D eigenvalue weighted by Crippen LogP contribution is 2.47. The standard InChI is InChI=1S/C34H49NO2/c1-28(2)21-25-37-33-19-17-30(18-20-33)29-13-15-31(16-14-29)32-12-11-23-34(26-32,27-35)22-9-7-5-3-4-6-8-10-24-36/h13-20,28,32,36H,3-12,21-26H2,1-2H3. The van der Waals surface area contributed by atoms with Crippen LogP contribution >= 0.6 is 0 Å². The summed E-state index contributed by atoms with van der Waals surface area (Å²) in [6, 6.07) is 20.3. The summed E-state index contributed by atoms with van der Waals surface area (Å²) >= 11 is 0. The molecule has 0 radical (unpaired) electrons. The van der Waals surface area contributed by atoms with Crippen LogP contribution in [-0.2, 0) is 0 Å². The molecule has 1 aliphatic rings. The fraction of sp³-hybridized carbons (Fsp3) is 0.618. The number of nitriles is 1. The van der Waals surface area contributed by atoms with E-state index in [1.807, 2.05) is 0 Å². The van der Waals surface area contributed by atoms with Crippen molar-refractivity contribution >= 4 is 0 Å². The smallest absolute Gasteiger partial charge is 0.119 e. The molecule has 2 aromatic rings. The van der Waals surface area contributed by atoms with Gasteiger partial charge in [-0.05, 0) is 79.2 Å². The van der Waals surface area contributed by atoms with E-state index < -0.39 is 0 Å². The molecule has 1 aliphatic carbocycles. The molecule has 2 atom stereocenters. The number of hydrogen-bond acceptors (Lipinski definition) is 3. The fourth-order valence-corrected chi connectivity index (χ4v) is 5.77. The van der Waals surface area contributed by atoms with Crippen molar-refractivity contribution in [3.05, 3.63) is 54.1 Å². The Morgan fingerprint density at radius 2 is 1.49 bits per heavy atom. The van der Waals surface area contributed by atoms with Crippen LogP contribution in [0.15, 0.2) is 48.5 Å². The van der Waals surface area contributed by atoms with E-state index in [4.69, 9.17) is 9.84 Å². The normalized spacial score (nSPS) is 19.6. The van der Waals surface area contributed by atoms with Gasteiger partial charge in [0.1, 0.15) is 5.75 Å². The van der Waals surface area contributed by atoms with Crippen LogP contribution in [0.25, 0.3) is 11.1 Å². The first-order chi connectivity index (χ1) is 18.0. The highest BCUT2D eigenvalue weighted by atomic mass is 16.5. The van der Waals surface area contributed by atoms with Crippen molar-refractivity contribution in [3.8, 4) is 22.9 Å². The SMILES string of the molecule is CC(C)CCOc1ccc(-c2ccc(C3CCCC(C#N)(CCCCCCCCCCO)C3)cc2)cc1. The van der Waals surface area contributed by atoms with Crippen LogP contribution in [0.5, 0.6) is 5.75 Å². The third kappa shape index (κ3) is 9.82. The maximum absolute atomic E-state index is 10.1. The molecular formula is C34H49NO2. The number of ether oxygens (including phenoxy) is 1. The topological polar surface area (TPSA) is 53.2 Å². The minimum Gasteiger partial charge on any atom is -0.494 e. The lowest BCUT2D eigenvalue weighted by molar-refractivity contribution is 0.218. The number of benzene rings is 2. The summed E-state index contributed by atoms with van der Waals surface area (Å²) in [6.45, 7) is 5.53. The Hall–Kier alpha value is -2.31. The Kier molecular flexibility index (Phi) is 12.5. The van der Waals surface area contributed by atoms with Gasteiger partial charge in [-0.25, -0.2) is 0 Å². The zero-order chi connectivity index (χ0) is 26.3. The maximum atomic E-state index is 10.1. The van der Waals surface area contributed by atoms with E-state index in [1.54, 1.807) is 0 Å². The van der Waals surface area contributed by atoms with Crippen LogP contribution in [0.3, 0.4) is 0 Å². The first-order valence-corrected chi connectivity index (χ1v) is 14.9. The van der Waals surface area contributed by atoms with Crippen LogP contribution < -0.4 is 4.74 Å². The van der Waals surface area contributed by atoms with E-state index in [1.165, 1.54) is 61.6 Å². The predicted molar refractivity (Wildman–Crippen MR) is 155 cm³/mol. The molecule has 3 nitrogen and oxygen atoms in total. The zero-order valence-electron chi connectivity index (χ0n) is 23.4. The average Bonchev–Trinajstić information content (AvgIpc) is 2.92. The molecule has 1 fully saturated rings. The van der Waals surface area contributed by atoms with Crippen molar-refractivity contribution in [1.29, 1.82) is 5.26 Å². The predicted octanol–water partition coefficient (Wildman–Crippen LogP) is 9.45. The van der Waals surface area contributed by atoms with E-state index in [-0.39, 0.29) is 5.41 Å². The van der Waals surface area contributed by atoms with Crippen LogP contribution in [0.2, 0.25) is 0 Å². The monoisotopic (exact) mass is 503 g/mol. The molecule has 3 rings (SSSR count). The molecule has 0 saturated heterocycles. The quantitative estimate of drug-likeness (QED) is 0.232. The van der Waals surface area contributed by atoms with E-state index >= 15 is 0 Å². The van der Waals surface area contributed by atoms with E-state index in [2.05, 4.69) is 68.4 Å². The van der Waals surface area contributed by atoms with Crippen molar-refractivity contribution in [2.75, 3.05) is 13.2 Å². The largest absolute Gasteiger partial charge is 0.494 e. The second-order valence-electron chi connectivity index (χ2n) is 11.7. The lowest BCUT2D eigenvalue weighted by atomic mass is 9.66. The number of rotatable bonds is 16. The second-order valence-corrected chi connectivity index (χ2v) is 11.7. The molecule has 37 heavy (non-hydrogen) atoms. The molecular weight excluding hydrogens is 454 g/mol. The van der Waals surface area contributed by atoms with Crippen LogP contribution in [0, 0.1) is 22.7 Å². The summed E-state index contributed by atoms with van der Waals surface area (Å²) in [5.41, 5.74) is 3.69. The van der Waals surface area contributed by atoms with Crippen molar-refractivity contribution in [1.82, 2.24) is 0 Å². The minimum atomic E-state index is -0.145. The molecule has 0 bridgehead atoms. The second kappa shape index (κ2) is 15.8. The van der Waals surface area contributed by atoms with Gasteiger partial charge >= 0.3 is 0 Å². The zero-order valence-corrected chi connectivity index (χ0v) is 23.4. The van der Waals surface area contributed by atoms with Gasteiger partial charge in [0.25, 0.3) is 0 Å². The molecule has 3 heteroatoms. The van der Waals surface area contributed by atoms with E-state index in [9.17, 15) is 5.26 Å². The lowest BCUT2D eigenvalue weighted by Crippen LogP contribution is -2.26. The molecule has 0 heterocycles. The van der Waals surface area contributed by atoms with Crippen LogP contribution in [0.1, 0.15) is 115 Å². The van der Waals surface area contributed by atoms with Crippen molar-refractivity contribution in [2.45, 2.75) is 110 Å². The Balaban J connectivity index is 1.47. The Morgan fingerprint density at radius 3 is 2.08 bits per heavy atom. The third-order valence-corrected chi connectivity index (χ3v) is 8.18. The summed E-state index contributed by atoms with van der Waals surface area (Å²) in [7, 11) is 0. The summed E-state index contributed by atoms with van der Waals surface area (Å²) in [6.07, 6.45) is 16.1. The first-order valence-electron chi connectivity index (χ1n) is 14.9. The van der Waals surface area contributed by atoms with Crippen LogP contribution in [-0.4, -0.2) is 18.3 Å². The summed E-state index contributed by atoms with van der Waals surface area (Å²) < 4.78 is 5.87. The van der Waals surface area contributed by atoms with E-state index in [0.29, 0.717) is 18.4 Å². The molecule has 0 spiro atoms. The summed E-state index contributed by atoms with van der Waals surface area (Å²) in [5.74, 6) is 2.09. The number of hydrogen-bond donors (Lipinski definition) is 1. The Morgan fingerprint density at radius 1 is 0.892 bits per heavy atom. The molecule has 0 aromatic heterocycles. The molecule has 1 saturated carbocycles.